The van der Waals surface area contributed by atoms with E-state index in [1.165, 1.54) is 17.2 Å². The summed E-state index contributed by atoms with van der Waals surface area (Å²) >= 11 is -2.93. The van der Waals surface area contributed by atoms with Crippen LogP contribution in [-0.4, -0.2) is 62.0 Å². The Morgan fingerprint density at radius 2 is 1.79 bits per heavy atom. The third-order valence-corrected chi connectivity index (χ3v) is 5.26. The molecule has 1 aliphatic heterocycles. The first-order chi connectivity index (χ1) is 15.8. The molecule has 1 aromatic carbocycles. The summed E-state index contributed by atoms with van der Waals surface area (Å²) in [5.41, 5.74) is -1.69. The second kappa shape index (κ2) is 10.1. The number of halogens is 6. The standard InChI is InChI=1S/C19H18F6N4O4S/c20-18(21,22)13-2-1-5-26-15(13)11-28-6-8-29(9-7-28)17(30)12-3-4-14(27-34(31)32)16(10-12)33-19(23,24)25/h1-5,10,27H,6-9,11H2,(H,31,32)/p-1. The number of pyridine rings is 1. The lowest BCUT2D eigenvalue weighted by Crippen LogP contribution is -2.48. The van der Waals surface area contributed by atoms with Gasteiger partial charge in [0.05, 0.1) is 16.9 Å². The molecule has 1 atom stereocenters. The molecule has 2 aromatic rings. The third-order valence-electron chi connectivity index (χ3n) is 4.88. The highest BCUT2D eigenvalue weighted by Gasteiger charge is 2.35. The van der Waals surface area contributed by atoms with Gasteiger partial charge >= 0.3 is 12.5 Å². The molecule has 1 unspecified atom stereocenters. The largest absolute Gasteiger partial charge is 0.755 e. The van der Waals surface area contributed by atoms with E-state index in [2.05, 4.69) is 9.72 Å². The van der Waals surface area contributed by atoms with Gasteiger partial charge in [0.2, 0.25) is 0 Å². The molecule has 3 rings (SSSR count). The third kappa shape index (κ3) is 6.80. The zero-order valence-electron chi connectivity index (χ0n) is 17.2. The van der Waals surface area contributed by atoms with Gasteiger partial charge < -0.3 is 18.9 Å². The molecule has 1 amide bonds. The highest BCUT2D eigenvalue weighted by Crippen LogP contribution is 2.33. The number of piperazine rings is 1. The zero-order valence-corrected chi connectivity index (χ0v) is 18.0. The maximum atomic E-state index is 13.2. The molecule has 1 saturated heterocycles. The Kier molecular flexibility index (Phi) is 7.67. The molecule has 1 aliphatic rings. The van der Waals surface area contributed by atoms with Crippen LogP contribution in [0.4, 0.5) is 32.0 Å². The minimum atomic E-state index is -5.13. The van der Waals surface area contributed by atoms with Gasteiger partial charge in [0, 0.05) is 55.8 Å². The first-order valence-electron chi connectivity index (χ1n) is 9.62. The molecular weight excluding hydrogens is 494 g/mol. The van der Waals surface area contributed by atoms with Crippen LogP contribution in [0.1, 0.15) is 21.6 Å². The lowest BCUT2D eigenvalue weighted by Gasteiger charge is -2.35. The van der Waals surface area contributed by atoms with E-state index in [1.54, 1.807) is 9.62 Å². The molecule has 15 heteroatoms. The Hall–Kier alpha value is -2.91. The number of anilines is 1. The minimum Gasteiger partial charge on any atom is -0.755 e. The number of amides is 1. The van der Waals surface area contributed by atoms with Crippen molar-refractivity contribution in [1.29, 1.82) is 0 Å². The molecule has 2 heterocycles. The Bertz CT molecular complexity index is 1060. The van der Waals surface area contributed by atoms with Crippen molar-refractivity contribution in [3.8, 4) is 5.75 Å². The molecule has 0 saturated carbocycles. The minimum absolute atomic E-state index is 0.0893. The van der Waals surface area contributed by atoms with E-state index < -0.39 is 46.7 Å². The normalized spacial score (nSPS) is 16.3. The van der Waals surface area contributed by atoms with Gasteiger partial charge in [0.1, 0.15) is 0 Å². The van der Waals surface area contributed by atoms with E-state index in [1.807, 2.05) is 0 Å². The number of hydrogen-bond donors (Lipinski definition) is 1. The lowest BCUT2D eigenvalue weighted by atomic mass is 10.1. The van der Waals surface area contributed by atoms with Crippen molar-refractivity contribution in [2.75, 3.05) is 30.9 Å². The van der Waals surface area contributed by atoms with Gasteiger partial charge in [-0.25, -0.2) is 0 Å². The summed E-state index contributed by atoms with van der Waals surface area (Å²) in [4.78, 5) is 19.6. The van der Waals surface area contributed by atoms with Crippen molar-refractivity contribution in [2.45, 2.75) is 19.1 Å². The fraction of sp³-hybridized carbons (Fsp3) is 0.368. The molecular formula is C19H17F6N4O4S-. The number of nitrogens with zero attached hydrogens (tertiary/aromatic N) is 3. The number of hydrogen-bond acceptors (Lipinski definition) is 6. The van der Waals surface area contributed by atoms with Crippen LogP contribution >= 0.6 is 0 Å². The first kappa shape index (κ1) is 25.7. The quantitative estimate of drug-likeness (QED) is 0.473. The molecule has 1 aromatic heterocycles. The molecule has 186 valence electrons. The Morgan fingerprint density at radius 1 is 1.12 bits per heavy atom. The summed E-state index contributed by atoms with van der Waals surface area (Å²) in [5.74, 6) is -1.55. The summed E-state index contributed by atoms with van der Waals surface area (Å²) in [6, 6.07) is 4.98. The van der Waals surface area contributed by atoms with Crippen LogP contribution in [0.3, 0.4) is 0 Å². The Morgan fingerprint density at radius 3 is 2.38 bits per heavy atom. The summed E-state index contributed by atoms with van der Waals surface area (Å²) in [5, 5.41) is 0. The van der Waals surface area contributed by atoms with E-state index in [0.717, 1.165) is 24.3 Å². The Balaban J connectivity index is 1.69. The zero-order chi connectivity index (χ0) is 25.1. The molecule has 0 spiro atoms. The van der Waals surface area contributed by atoms with Gasteiger partial charge in [-0.05, 0) is 30.3 Å². The molecule has 1 fully saturated rings. The molecule has 34 heavy (non-hydrogen) atoms. The molecule has 0 aliphatic carbocycles. The van der Waals surface area contributed by atoms with E-state index in [0.29, 0.717) is 0 Å². The highest BCUT2D eigenvalue weighted by atomic mass is 32.2. The predicted molar refractivity (Wildman–Crippen MR) is 106 cm³/mol. The van der Waals surface area contributed by atoms with Crippen LogP contribution in [0.25, 0.3) is 0 Å². The van der Waals surface area contributed by atoms with Crippen molar-refractivity contribution >= 4 is 22.9 Å². The van der Waals surface area contributed by atoms with Gasteiger partial charge in [0.15, 0.2) is 5.75 Å². The number of ether oxygens (including phenoxy) is 1. The highest BCUT2D eigenvalue weighted by molar-refractivity contribution is 7.80. The number of rotatable bonds is 6. The van der Waals surface area contributed by atoms with E-state index in [-0.39, 0.29) is 44.0 Å². The van der Waals surface area contributed by atoms with Crippen LogP contribution in [-0.2, 0) is 24.0 Å². The number of nitrogens with one attached hydrogen (secondary N) is 1. The van der Waals surface area contributed by atoms with Gasteiger partial charge in [0.25, 0.3) is 5.91 Å². The molecule has 8 nitrogen and oxygen atoms in total. The number of carbonyl (C=O) groups excluding carboxylic acids is 1. The van der Waals surface area contributed by atoms with Crippen LogP contribution in [0.5, 0.6) is 5.75 Å². The summed E-state index contributed by atoms with van der Waals surface area (Å²) in [6.07, 6.45) is -8.43. The van der Waals surface area contributed by atoms with E-state index in [9.17, 15) is 39.9 Å². The van der Waals surface area contributed by atoms with Crippen molar-refractivity contribution < 1.29 is 44.6 Å². The lowest BCUT2D eigenvalue weighted by molar-refractivity contribution is -0.274. The maximum Gasteiger partial charge on any atom is 0.573 e. The predicted octanol–water partition coefficient (Wildman–Crippen LogP) is 3.16. The Labute approximate surface area is 191 Å². The smallest absolute Gasteiger partial charge is 0.573 e. The number of benzene rings is 1. The molecule has 0 radical (unpaired) electrons. The van der Waals surface area contributed by atoms with Gasteiger partial charge in [-0.2, -0.15) is 13.2 Å². The number of carbonyl (C=O) groups is 1. The second-order valence-electron chi connectivity index (χ2n) is 7.16. The van der Waals surface area contributed by atoms with Crippen molar-refractivity contribution in [2.24, 2.45) is 0 Å². The van der Waals surface area contributed by atoms with Gasteiger partial charge in [-0.15, -0.1) is 13.2 Å². The average Bonchev–Trinajstić information content (AvgIpc) is 2.73. The first-order valence-corrected chi connectivity index (χ1v) is 10.7. The van der Waals surface area contributed by atoms with Crippen molar-refractivity contribution in [3.63, 3.8) is 0 Å². The average molecular weight is 511 g/mol. The van der Waals surface area contributed by atoms with Crippen LogP contribution < -0.4 is 9.46 Å². The van der Waals surface area contributed by atoms with Gasteiger partial charge in [-0.3, -0.25) is 18.9 Å². The van der Waals surface area contributed by atoms with E-state index in [4.69, 9.17) is 0 Å². The molecule has 1 N–H and O–H groups in total. The number of alkyl halides is 6. The van der Waals surface area contributed by atoms with Crippen LogP contribution in [0, 0.1) is 0 Å². The topological polar surface area (TPSA) is 97.8 Å². The fourth-order valence-corrected chi connectivity index (χ4v) is 3.71. The fourth-order valence-electron chi connectivity index (χ4n) is 3.36. The summed E-state index contributed by atoms with van der Waals surface area (Å²) in [6.45, 7) is 0.536. The molecule has 0 bridgehead atoms. The number of aromatic nitrogens is 1. The van der Waals surface area contributed by atoms with Crippen molar-refractivity contribution in [1.82, 2.24) is 14.8 Å². The summed E-state index contributed by atoms with van der Waals surface area (Å²) in [7, 11) is 0. The van der Waals surface area contributed by atoms with Crippen molar-refractivity contribution in [3.05, 3.63) is 53.3 Å². The van der Waals surface area contributed by atoms with Crippen LogP contribution in [0.2, 0.25) is 0 Å². The monoisotopic (exact) mass is 511 g/mol. The second-order valence-corrected chi connectivity index (χ2v) is 7.83. The SMILES string of the molecule is O=C(c1ccc(NS(=O)[O-])c(OC(F)(F)F)c1)N1CCN(Cc2ncccc2C(F)(F)F)CC1. The van der Waals surface area contributed by atoms with Crippen LogP contribution in [0.15, 0.2) is 36.5 Å². The van der Waals surface area contributed by atoms with Gasteiger partial charge in [-0.1, -0.05) is 0 Å². The maximum absolute atomic E-state index is 13.2. The van der Waals surface area contributed by atoms with E-state index >= 15 is 0 Å². The summed E-state index contributed by atoms with van der Waals surface area (Å²) < 4.78 is 105.